The second-order valence-corrected chi connectivity index (χ2v) is 6.35. The highest BCUT2D eigenvalue weighted by molar-refractivity contribution is 7.89. The molecule has 2 atom stereocenters. The Morgan fingerprint density at radius 3 is 2.72 bits per heavy atom. The summed E-state index contributed by atoms with van der Waals surface area (Å²) >= 11 is 0. The number of aromatic nitrogens is 2. The highest BCUT2D eigenvalue weighted by Crippen LogP contribution is 2.14. The first-order chi connectivity index (χ1) is 8.40. The van der Waals surface area contributed by atoms with E-state index < -0.39 is 10.0 Å². The second kappa shape index (κ2) is 6.31. The Balaban J connectivity index is 2.76. The van der Waals surface area contributed by atoms with E-state index in [-0.39, 0.29) is 17.6 Å². The lowest BCUT2D eigenvalue weighted by Crippen LogP contribution is -2.34. The van der Waals surface area contributed by atoms with E-state index >= 15 is 0 Å². The first kappa shape index (κ1) is 15.1. The van der Waals surface area contributed by atoms with Crippen LogP contribution < -0.4 is 10.5 Å². The minimum Gasteiger partial charge on any atom is -0.326 e. The van der Waals surface area contributed by atoms with Crippen LogP contribution in [-0.2, 0) is 16.6 Å². The van der Waals surface area contributed by atoms with Crippen LogP contribution in [0.25, 0.3) is 0 Å². The van der Waals surface area contributed by atoms with Crippen LogP contribution in [0.5, 0.6) is 0 Å². The lowest BCUT2D eigenvalue weighted by Gasteiger charge is -2.17. The molecule has 104 valence electrons. The number of sulfonamides is 1. The predicted molar refractivity (Wildman–Crippen MR) is 70.3 cm³/mol. The van der Waals surface area contributed by atoms with Crippen LogP contribution in [0.1, 0.15) is 39.2 Å². The van der Waals surface area contributed by atoms with Crippen molar-refractivity contribution in [2.75, 3.05) is 0 Å². The Kier molecular flexibility index (Phi) is 5.30. The van der Waals surface area contributed by atoms with Crippen molar-refractivity contribution in [3.63, 3.8) is 0 Å². The summed E-state index contributed by atoms with van der Waals surface area (Å²) in [4.78, 5) is 0. The van der Waals surface area contributed by atoms with E-state index in [1.807, 2.05) is 6.92 Å². The minimum atomic E-state index is -3.56. The van der Waals surface area contributed by atoms with Gasteiger partial charge in [0.2, 0.25) is 0 Å². The molecule has 1 aromatic rings. The zero-order valence-corrected chi connectivity index (χ0v) is 11.9. The topological polar surface area (TPSA) is 101 Å². The van der Waals surface area contributed by atoms with Crippen molar-refractivity contribution >= 4 is 10.0 Å². The van der Waals surface area contributed by atoms with E-state index in [9.17, 15) is 8.42 Å². The lowest BCUT2D eigenvalue weighted by atomic mass is 10.0. The first-order valence-electron chi connectivity index (χ1n) is 6.15. The van der Waals surface area contributed by atoms with Crippen molar-refractivity contribution in [1.82, 2.24) is 14.9 Å². The maximum absolute atomic E-state index is 12.1. The van der Waals surface area contributed by atoms with Crippen molar-refractivity contribution in [2.45, 2.75) is 51.2 Å². The van der Waals surface area contributed by atoms with Gasteiger partial charge in [-0.2, -0.15) is 5.10 Å². The fourth-order valence-corrected chi connectivity index (χ4v) is 3.22. The van der Waals surface area contributed by atoms with Gasteiger partial charge in [0.1, 0.15) is 0 Å². The molecule has 2 unspecified atom stereocenters. The first-order valence-corrected chi connectivity index (χ1v) is 7.63. The molecule has 0 amide bonds. The van der Waals surface area contributed by atoms with E-state index in [1.54, 1.807) is 0 Å². The molecule has 1 heterocycles. The molecule has 0 fully saturated rings. The molecule has 7 heteroatoms. The summed E-state index contributed by atoms with van der Waals surface area (Å²) in [7, 11) is -3.56. The third-order valence-electron chi connectivity index (χ3n) is 2.98. The maximum Gasteiger partial charge on any atom is 0.258 e. The third kappa shape index (κ3) is 3.79. The average Bonchev–Trinajstić information content (AvgIpc) is 2.76. The predicted octanol–water partition coefficient (Wildman–Crippen LogP) is 0.971. The molecule has 18 heavy (non-hydrogen) atoms. The summed E-state index contributed by atoms with van der Waals surface area (Å²) in [6, 6.07) is -0.112. The number of nitrogens with zero attached hydrogens (tertiary/aromatic N) is 1. The Labute approximate surface area is 108 Å². The monoisotopic (exact) mass is 274 g/mol. The van der Waals surface area contributed by atoms with Gasteiger partial charge in [-0.05, 0) is 19.3 Å². The molecule has 0 saturated heterocycles. The Bertz CT molecular complexity index is 469. The van der Waals surface area contributed by atoms with Gasteiger partial charge in [0.15, 0.2) is 5.03 Å². The number of aromatic amines is 1. The molecule has 0 aromatic carbocycles. The van der Waals surface area contributed by atoms with Crippen molar-refractivity contribution in [3.8, 4) is 0 Å². The van der Waals surface area contributed by atoms with Crippen LogP contribution in [0.15, 0.2) is 11.2 Å². The minimum absolute atomic E-state index is 0.0704. The molecule has 6 nitrogen and oxygen atoms in total. The molecule has 0 aliphatic carbocycles. The SMILES string of the molecule is CCC(C)CC(C)NS(=O)(=O)c1[nH]ncc1CN. The van der Waals surface area contributed by atoms with Crippen molar-refractivity contribution < 1.29 is 8.42 Å². The quantitative estimate of drug-likeness (QED) is 0.689. The molecule has 0 aliphatic rings. The average molecular weight is 274 g/mol. The Morgan fingerprint density at radius 1 is 1.50 bits per heavy atom. The van der Waals surface area contributed by atoms with Gasteiger partial charge in [-0.25, -0.2) is 13.1 Å². The lowest BCUT2D eigenvalue weighted by molar-refractivity contribution is 0.445. The molecule has 0 radical (unpaired) electrons. The number of hydrogen-bond donors (Lipinski definition) is 3. The molecule has 1 rings (SSSR count). The fourth-order valence-electron chi connectivity index (χ4n) is 1.82. The fraction of sp³-hybridized carbons (Fsp3) is 0.727. The molecule has 0 bridgehead atoms. The number of H-pyrrole nitrogens is 1. The van der Waals surface area contributed by atoms with E-state index in [2.05, 4.69) is 28.8 Å². The summed E-state index contributed by atoms with van der Waals surface area (Å²) in [5.41, 5.74) is 5.97. The zero-order chi connectivity index (χ0) is 13.8. The maximum atomic E-state index is 12.1. The van der Waals surface area contributed by atoms with E-state index in [1.165, 1.54) is 6.20 Å². The molecule has 4 N–H and O–H groups in total. The van der Waals surface area contributed by atoms with Gasteiger partial charge in [0, 0.05) is 18.2 Å². The Hall–Kier alpha value is -0.920. The van der Waals surface area contributed by atoms with Gasteiger partial charge >= 0.3 is 0 Å². The highest BCUT2D eigenvalue weighted by atomic mass is 32.2. The van der Waals surface area contributed by atoms with Crippen LogP contribution in [-0.4, -0.2) is 24.7 Å². The van der Waals surface area contributed by atoms with E-state index in [4.69, 9.17) is 5.73 Å². The second-order valence-electron chi connectivity index (χ2n) is 4.70. The summed E-state index contributed by atoms with van der Waals surface area (Å²) in [6.45, 7) is 6.20. The van der Waals surface area contributed by atoms with Crippen LogP contribution in [0.4, 0.5) is 0 Å². The normalized spacial score (nSPS) is 15.6. The third-order valence-corrected chi connectivity index (χ3v) is 4.58. The van der Waals surface area contributed by atoms with Crippen molar-refractivity contribution in [3.05, 3.63) is 11.8 Å². The molecule has 1 aromatic heterocycles. The number of hydrogen-bond acceptors (Lipinski definition) is 4. The zero-order valence-electron chi connectivity index (χ0n) is 11.1. The van der Waals surface area contributed by atoms with Gasteiger partial charge in [0.25, 0.3) is 10.0 Å². The van der Waals surface area contributed by atoms with Crippen LogP contribution >= 0.6 is 0 Å². The summed E-state index contributed by atoms with van der Waals surface area (Å²) in [6.07, 6.45) is 3.28. The smallest absolute Gasteiger partial charge is 0.258 e. The summed E-state index contributed by atoms with van der Waals surface area (Å²) < 4.78 is 26.9. The standard InChI is InChI=1S/C11H22N4O2S/c1-4-8(2)5-9(3)15-18(16,17)11-10(6-12)7-13-14-11/h7-9,15H,4-6,12H2,1-3H3,(H,13,14). The largest absolute Gasteiger partial charge is 0.326 e. The van der Waals surface area contributed by atoms with Gasteiger partial charge < -0.3 is 5.73 Å². The summed E-state index contributed by atoms with van der Waals surface area (Å²) in [5, 5.41) is 6.28. The highest BCUT2D eigenvalue weighted by Gasteiger charge is 2.22. The van der Waals surface area contributed by atoms with Gasteiger partial charge in [0.05, 0.1) is 6.20 Å². The summed E-state index contributed by atoms with van der Waals surface area (Å²) in [5.74, 6) is 0.485. The van der Waals surface area contributed by atoms with Crippen LogP contribution in [0.2, 0.25) is 0 Å². The molecule has 0 aliphatic heterocycles. The number of rotatable bonds is 7. The van der Waals surface area contributed by atoms with E-state index in [0.29, 0.717) is 11.5 Å². The van der Waals surface area contributed by atoms with E-state index in [0.717, 1.165) is 12.8 Å². The Morgan fingerprint density at radius 2 is 2.17 bits per heavy atom. The van der Waals surface area contributed by atoms with Gasteiger partial charge in [-0.1, -0.05) is 20.3 Å². The number of nitrogens with one attached hydrogen (secondary N) is 2. The van der Waals surface area contributed by atoms with Gasteiger partial charge in [-0.15, -0.1) is 0 Å². The molecule has 0 spiro atoms. The molecule has 0 saturated carbocycles. The number of nitrogens with two attached hydrogens (primary N) is 1. The molecular weight excluding hydrogens is 252 g/mol. The van der Waals surface area contributed by atoms with Crippen molar-refractivity contribution in [2.24, 2.45) is 11.7 Å². The van der Waals surface area contributed by atoms with Gasteiger partial charge in [-0.3, -0.25) is 5.10 Å². The molecular formula is C11H22N4O2S. The van der Waals surface area contributed by atoms with Crippen molar-refractivity contribution in [1.29, 1.82) is 0 Å². The van der Waals surface area contributed by atoms with Crippen LogP contribution in [0, 0.1) is 5.92 Å². The van der Waals surface area contributed by atoms with Crippen LogP contribution in [0.3, 0.4) is 0 Å².